The molecule has 0 spiro atoms. The Balaban J connectivity index is 2.06. The predicted molar refractivity (Wildman–Crippen MR) is 77.2 cm³/mol. The van der Waals surface area contributed by atoms with Crippen molar-refractivity contribution < 1.29 is 13.9 Å². The Bertz CT molecular complexity index is 428. The normalized spacial score (nSPS) is 18.6. The molecule has 1 aromatic carbocycles. The van der Waals surface area contributed by atoms with E-state index in [1.54, 1.807) is 18.2 Å². The van der Waals surface area contributed by atoms with Gasteiger partial charge in [0.1, 0.15) is 0 Å². The van der Waals surface area contributed by atoms with E-state index in [2.05, 4.69) is 0 Å². The summed E-state index contributed by atoms with van der Waals surface area (Å²) >= 11 is 0. The van der Waals surface area contributed by atoms with Crippen LogP contribution in [-0.4, -0.2) is 19.3 Å². The fourth-order valence-corrected chi connectivity index (χ4v) is 2.84. The topological polar surface area (TPSA) is 44.5 Å². The highest BCUT2D eigenvalue weighted by molar-refractivity contribution is 5.30. The molecule has 1 aliphatic carbocycles. The van der Waals surface area contributed by atoms with E-state index in [0.717, 1.165) is 25.7 Å². The first kappa shape index (κ1) is 15.3. The van der Waals surface area contributed by atoms with E-state index < -0.39 is 0 Å². The Morgan fingerprint density at radius 2 is 1.90 bits per heavy atom. The van der Waals surface area contributed by atoms with Crippen LogP contribution in [0.3, 0.4) is 0 Å². The van der Waals surface area contributed by atoms with Crippen LogP contribution in [0, 0.1) is 5.82 Å². The second-order valence-electron chi connectivity index (χ2n) is 5.52. The Morgan fingerprint density at radius 3 is 2.50 bits per heavy atom. The minimum atomic E-state index is -0.337. The predicted octanol–water partition coefficient (Wildman–Crippen LogP) is 3.40. The largest absolute Gasteiger partial charge is 0.494 e. The van der Waals surface area contributed by atoms with Crippen LogP contribution in [0.2, 0.25) is 0 Å². The van der Waals surface area contributed by atoms with Crippen LogP contribution < -0.4 is 10.5 Å². The van der Waals surface area contributed by atoms with Crippen LogP contribution in [0.15, 0.2) is 18.2 Å². The number of ether oxygens (including phenoxy) is 2. The molecule has 0 bridgehead atoms. The van der Waals surface area contributed by atoms with Gasteiger partial charge in [0.15, 0.2) is 11.6 Å². The molecular weight excluding hydrogens is 257 g/mol. The summed E-state index contributed by atoms with van der Waals surface area (Å²) < 4.78 is 25.1. The standard InChI is InChI=1S/C16H24FNO2/c1-19-14-8-6-7-13(15(14)17)11-20-16(12-18)9-4-2-3-5-10-16/h6-8H,2-5,9-12,18H2,1H3. The lowest BCUT2D eigenvalue weighted by Crippen LogP contribution is -2.40. The van der Waals surface area contributed by atoms with Crippen LogP contribution in [0.5, 0.6) is 5.75 Å². The highest BCUT2D eigenvalue weighted by Gasteiger charge is 2.30. The molecule has 3 nitrogen and oxygen atoms in total. The fraction of sp³-hybridized carbons (Fsp3) is 0.625. The van der Waals surface area contributed by atoms with Gasteiger partial charge < -0.3 is 15.2 Å². The summed E-state index contributed by atoms with van der Waals surface area (Å²) in [4.78, 5) is 0. The number of halogens is 1. The maximum absolute atomic E-state index is 14.1. The summed E-state index contributed by atoms with van der Waals surface area (Å²) in [6.45, 7) is 0.749. The molecule has 0 heterocycles. The van der Waals surface area contributed by atoms with Gasteiger partial charge in [-0.2, -0.15) is 0 Å². The van der Waals surface area contributed by atoms with Crippen molar-refractivity contribution in [1.82, 2.24) is 0 Å². The van der Waals surface area contributed by atoms with Crippen molar-refractivity contribution in [2.24, 2.45) is 5.73 Å². The first-order valence-electron chi connectivity index (χ1n) is 7.36. The summed E-state index contributed by atoms with van der Waals surface area (Å²) in [6.07, 6.45) is 6.68. The van der Waals surface area contributed by atoms with E-state index >= 15 is 0 Å². The van der Waals surface area contributed by atoms with Crippen LogP contribution in [0.25, 0.3) is 0 Å². The zero-order chi connectivity index (χ0) is 14.4. The highest BCUT2D eigenvalue weighted by Crippen LogP contribution is 2.31. The number of methoxy groups -OCH3 is 1. The molecule has 0 amide bonds. The smallest absolute Gasteiger partial charge is 0.170 e. The van der Waals surface area contributed by atoms with Gasteiger partial charge in [0.2, 0.25) is 0 Å². The van der Waals surface area contributed by atoms with Gasteiger partial charge in [0.05, 0.1) is 19.3 Å². The maximum Gasteiger partial charge on any atom is 0.170 e. The van der Waals surface area contributed by atoms with Crippen molar-refractivity contribution in [2.75, 3.05) is 13.7 Å². The molecule has 0 saturated heterocycles. The summed E-state index contributed by atoms with van der Waals surface area (Å²) in [6, 6.07) is 5.13. The molecule has 1 aliphatic rings. The Labute approximate surface area is 120 Å². The number of rotatable bonds is 5. The van der Waals surface area contributed by atoms with Crippen LogP contribution in [0.1, 0.15) is 44.1 Å². The van der Waals surface area contributed by atoms with Gasteiger partial charge in [-0.15, -0.1) is 0 Å². The van der Waals surface area contributed by atoms with Crippen LogP contribution in [-0.2, 0) is 11.3 Å². The Kier molecular flexibility index (Phi) is 5.38. The van der Waals surface area contributed by atoms with Crippen molar-refractivity contribution in [3.63, 3.8) is 0 Å². The maximum atomic E-state index is 14.1. The molecule has 4 heteroatoms. The molecule has 1 saturated carbocycles. The molecule has 0 unspecified atom stereocenters. The summed E-state index contributed by atoms with van der Waals surface area (Å²) in [5, 5.41) is 0. The fourth-order valence-electron chi connectivity index (χ4n) is 2.84. The monoisotopic (exact) mass is 281 g/mol. The average molecular weight is 281 g/mol. The molecule has 0 aliphatic heterocycles. The zero-order valence-corrected chi connectivity index (χ0v) is 12.2. The molecule has 0 aromatic heterocycles. The third-order valence-corrected chi connectivity index (χ3v) is 4.18. The van der Waals surface area contributed by atoms with Gasteiger partial charge in [0.25, 0.3) is 0 Å². The molecule has 1 aromatic rings. The third-order valence-electron chi connectivity index (χ3n) is 4.18. The van der Waals surface area contributed by atoms with E-state index in [4.69, 9.17) is 15.2 Å². The van der Waals surface area contributed by atoms with E-state index in [0.29, 0.717) is 12.1 Å². The summed E-state index contributed by atoms with van der Waals surface area (Å²) in [5.74, 6) is -0.0791. The molecule has 20 heavy (non-hydrogen) atoms. The lowest BCUT2D eigenvalue weighted by molar-refractivity contribution is -0.0611. The summed E-state index contributed by atoms with van der Waals surface area (Å²) in [7, 11) is 1.47. The van der Waals surface area contributed by atoms with Crippen molar-refractivity contribution in [3.8, 4) is 5.75 Å². The number of hydrogen-bond donors (Lipinski definition) is 1. The van der Waals surface area contributed by atoms with Crippen LogP contribution in [0.4, 0.5) is 4.39 Å². The molecule has 1 fully saturated rings. The van der Waals surface area contributed by atoms with Gasteiger partial charge in [-0.05, 0) is 18.9 Å². The quantitative estimate of drug-likeness (QED) is 0.841. The Hall–Kier alpha value is -1.13. The Morgan fingerprint density at radius 1 is 1.20 bits per heavy atom. The van der Waals surface area contributed by atoms with Crippen LogP contribution >= 0.6 is 0 Å². The van der Waals surface area contributed by atoms with E-state index in [1.807, 2.05) is 0 Å². The second-order valence-corrected chi connectivity index (χ2v) is 5.52. The molecule has 0 atom stereocenters. The SMILES string of the molecule is COc1cccc(COC2(CN)CCCCCC2)c1F. The number of nitrogens with two attached hydrogens (primary N) is 1. The van der Waals surface area contributed by atoms with Gasteiger partial charge in [-0.25, -0.2) is 4.39 Å². The number of benzene rings is 1. The average Bonchev–Trinajstić information content (AvgIpc) is 2.72. The van der Waals surface area contributed by atoms with Crippen molar-refractivity contribution in [3.05, 3.63) is 29.6 Å². The highest BCUT2D eigenvalue weighted by atomic mass is 19.1. The molecular formula is C16H24FNO2. The van der Waals surface area contributed by atoms with E-state index in [-0.39, 0.29) is 23.8 Å². The second kappa shape index (κ2) is 7.04. The number of hydrogen-bond acceptors (Lipinski definition) is 3. The van der Waals surface area contributed by atoms with Gasteiger partial charge in [0, 0.05) is 12.1 Å². The third kappa shape index (κ3) is 3.49. The van der Waals surface area contributed by atoms with E-state index in [9.17, 15) is 4.39 Å². The van der Waals surface area contributed by atoms with Gasteiger partial charge in [-0.3, -0.25) is 0 Å². The van der Waals surface area contributed by atoms with Gasteiger partial charge in [-0.1, -0.05) is 37.8 Å². The molecule has 0 radical (unpaired) electrons. The van der Waals surface area contributed by atoms with Gasteiger partial charge >= 0.3 is 0 Å². The molecule has 2 N–H and O–H groups in total. The summed E-state index contributed by atoms with van der Waals surface area (Å²) in [5.41, 5.74) is 6.17. The lowest BCUT2D eigenvalue weighted by Gasteiger charge is -2.31. The first-order chi connectivity index (χ1) is 9.71. The molecule has 2 rings (SSSR count). The molecule has 112 valence electrons. The minimum absolute atomic E-state index is 0.250. The lowest BCUT2D eigenvalue weighted by atomic mass is 9.94. The zero-order valence-electron chi connectivity index (χ0n) is 12.2. The first-order valence-corrected chi connectivity index (χ1v) is 7.36. The minimum Gasteiger partial charge on any atom is -0.494 e. The van der Waals surface area contributed by atoms with E-state index in [1.165, 1.54) is 20.0 Å². The van der Waals surface area contributed by atoms with Crippen molar-refractivity contribution in [1.29, 1.82) is 0 Å². The van der Waals surface area contributed by atoms with Crippen molar-refractivity contribution >= 4 is 0 Å². The van der Waals surface area contributed by atoms with Crippen molar-refractivity contribution in [2.45, 2.75) is 50.7 Å².